The van der Waals surface area contributed by atoms with Crippen LogP contribution in [0.25, 0.3) is 10.1 Å². The van der Waals surface area contributed by atoms with E-state index in [0.717, 1.165) is 11.8 Å². The Morgan fingerprint density at radius 2 is 1.81 bits per heavy atom. The van der Waals surface area contributed by atoms with Gasteiger partial charge in [0, 0.05) is 15.6 Å². The summed E-state index contributed by atoms with van der Waals surface area (Å²) in [6.07, 6.45) is 14.7. The molecule has 1 heterocycles. The van der Waals surface area contributed by atoms with E-state index in [0.29, 0.717) is 16.9 Å². The van der Waals surface area contributed by atoms with Crippen LogP contribution >= 0.6 is 11.3 Å². The molecule has 0 amide bonds. The van der Waals surface area contributed by atoms with Gasteiger partial charge in [0.25, 0.3) is 0 Å². The zero-order valence-corrected chi connectivity index (χ0v) is 22.2. The second-order valence-corrected chi connectivity index (χ2v) is 13.2. The molecule has 3 aliphatic carbocycles. The highest BCUT2D eigenvalue weighted by atomic mass is 32.1. The maximum atomic E-state index is 3.81. The maximum Gasteiger partial charge on any atom is 0.0383 e. The third-order valence-electron chi connectivity index (χ3n) is 8.02. The van der Waals surface area contributed by atoms with Gasteiger partial charge in [0.15, 0.2) is 0 Å². The van der Waals surface area contributed by atoms with E-state index in [1.165, 1.54) is 72.8 Å². The van der Waals surface area contributed by atoms with Gasteiger partial charge in [0.1, 0.15) is 0 Å². The molecule has 2 heteroatoms. The van der Waals surface area contributed by atoms with Gasteiger partial charge in [0.2, 0.25) is 0 Å². The van der Waals surface area contributed by atoms with Gasteiger partial charge in [-0.1, -0.05) is 64.8 Å². The molecule has 176 valence electrons. The lowest BCUT2D eigenvalue weighted by molar-refractivity contribution is 0.227. The molecule has 0 bridgehead atoms. The van der Waals surface area contributed by atoms with Crippen molar-refractivity contribution in [2.75, 3.05) is 0 Å². The Morgan fingerprint density at radius 3 is 2.38 bits per heavy atom. The molecule has 2 aromatic rings. The van der Waals surface area contributed by atoms with Gasteiger partial charge in [-0.3, -0.25) is 0 Å². The van der Waals surface area contributed by atoms with Crippen LogP contribution in [0.1, 0.15) is 103 Å². The molecule has 0 spiro atoms. The van der Waals surface area contributed by atoms with Crippen molar-refractivity contribution in [2.45, 2.75) is 111 Å². The minimum atomic E-state index is 0.497. The Hall–Kier alpha value is -1.28. The lowest BCUT2D eigenvalue weighted by Gasteiger charge is -2.33. The fraction of sp³-hybridized carbons (Fsp3) is 0.667. The Bertz CT molecular complexity index is 935. The molecular weight excluding hydrogens is 406 g/mol. The fourth-order valence-electron chi connectivity index (χ4n) is 5.36. The quantitative estimate of drug-likeness (QED) is 0.401. The minimum Gasteiger partial charge on any atom is -0.387 e. The summed E-state index contributed by atoms with van der Waals surface area (Å²) in [6.45, 7) is 14.1. The van der Waals surface area contributed by atoms with Crippen LogP contribution in [-0.2, 0) is 5.41 Å². The van der Waals surface area contributed by atoms with E-state index in [1.54, 1.807) is 11.1 Å². The first-order chi connectivity index (χ1) is 15.2. The Balaban J connectivity index is 0.000000157. The number of fused-ring (bicyclic) bond motifs is 1. The highest BCUT2D eigenvalue weighted by molar-refractivity contribution is 7.19. The molecule has 1 nitrogen and oxygen atoms in total. The third-order valence-corrected chi connectivity index (χ3v) is 9.12. The molecule has 0 saturated heterocycles. The van der Waals surface area contributed by atoms with E-state index in [-0.39, 0.29) is 0 Å². The number of hydrogen-bond donors (Lipinski definition) is 1. The molecule has 2 atom stereocenters. The largest absolute Gasteiger partial charge is 0.387 e. The molecular formula is C30H45NS. The zero-order chi connectivity index (χ0) is 22.9. The second kappa shape index (κ2) is 9.53. The zero-order valence-electron chi connectivity index (χ0n) is 21.4. The molecule has 1 aromatic carbocycles. The normalized spacial score (nSPS) is 21.5. The van der Waals surface area contributed by atoms with Crippen molar-refractivity contribution in [2.24, 2.45) is 17.3 Å². The van der Waals surface area contributed by atoms with Gasteiger partial charge < -0.3 is 5.32 Å². The van der Waals surface area contributed by atoms with Gasteiger partial charge in [-0.05, 0) is 104 Å². The van der Waals surface area contributed by atoms with Crippen LogP contribution < -0.4 is 5.32 Å². The van der Waals surface area contributed by atoms with Crippen LogP contribution in [0.15, 0.2) is 36.0 Å². The summed E-state index contributed by atoms with van der Waals surface area (Å²) >= 11 is 1.95. The molecule has 3 saturated carbocycles. The number of nitrogens with one attached hydrogen (secondary N) is 1. The van der Waals surface area contributed by atoms with Crippen molar-refractivity contribution >= 4 is 21.4 Å². The molecule has 1 N–H and O–H groups in total. The summed E-state index contributed by atoms with van der Waals surface area (Å²) in [4.78, 5) is 1.43. The monoisotopic (exact) mass is 451 g/mol. The van der Waals surface area contributed by atoms with Gasteiger partial charge in [0.05, 0.1) is 0 Å². The predicted octanol–water partition coefficient (Wildman–Crippen LogP) is 9.15. The summed E-state index contributed by atoms with van der Waals surface area (Å²) < 4.78 is 1.52. The smallest absolute Gasteiger partial charge is 0.0383 e. The molecule has 32 heavy (non-hydrogen) atoms. The summed E-state index contributed by atoms with van der Waals surface area (Å²) in [7, 11) is 0. The van der Waals surface area contributed by atoms with Crippen LogP contribution in [0.2, 0.25) is 0 Å². The van der Waals surface area contributed by atoms with E-state index in [4.69, 9.17) is 0 Å². The highest BCUT2D eigenvalue weighted by Gasteiger charge is 2.47. The van der Waals surface area contributed by atoms with E-state index in [1.807, 2.05) is 11.3 Å². The second-order valence-electron chi connectivity index (χ2n) is 11.9. The van der Waals surface area contributed by atoms with E-state index >= 15 is 0 Å². The average Bonchev–Trinajstić information content (AvgIpc) is 3.65. The van der Waals surface area contributed by atoms with Crippen molar-refractivity contribution in [3.63, 3.8) is 0 Å². The Kier molecular flexibility index (Phi) is 7.11. The number of allylic oxidation sites excluding steroid dienone is 1. The average molecular weight is 452 g/mol. The summed E-state index contributed by atoms with van der Waals surface area (Å²) in [5, 5.41) is 5.24. The summed E-state index contributed by atoms with van der Waals surface area (Å²) in [5.74, 6) is 1.68. The number of hydrogen-bond acceptors (Lipinski definition) is 2. The number of benzene rings is 1. The maximum absolute atomic E-state index is 3.81. The Labute approximate surface area is 201 Å². The molecule has 0 aliphatic heterocycles. The van der Waals surface area contributed by atoms with Gasteiger partial charge in [-0.15, -0.1) is 11.3 Å². The molecule has 1 aromatic heterocycles. The van der Waals surface area contributed by atoms with Crippen LogP contribution in [0.4, 0.5) is 0 Å². The van der Waals surface area contributed by atoms with Gasteiger partial charge >= 0.3 is 0 Å². The highest BCUT2D eigenvalue weighted by Crippen LogP contribution is 2.52. The van der Waals surface area contributed by atoms with Crippen molar-refractivity contribution in [3.8, 4) is 0 Å². The fourth-order valence-corrected chi connectivity index (χ4v) is 6.54. The lowest BCUT2D eigenvalue weighted by atomic mass is 9.79. The first-order valence-electron chi connectivity index (χ1n) is 13.2. The summed E-state index contributed by atoms with van der Waals surface area (Å²) in [6, 6.07) is 9.76. The van der Waals surface area contributed by atoms with Crippen LogP contribution in [0, 0.1) is 24.2 Å². The molecule has 3 aliphatic rings. The predicted molar refractivity (Wildman–Crippen MR) is 143 cm³/mol. The van der Waals surface area contributed by atoms with Crippen molar-refractivity contribution in [1.29, 1.82) is 0 Å². The Morgan fingerprint density at radius 1 is 1.09 bits per heavy atom. The van der Waals surface area contributed by atoms with Gasteiger partial charge in [-0.25, -0.2) is 0 Å². The van der Waals surface area contributed by atoms with Crippen molar-refractivity contribution in [1.82, 2.24) is 5.32 Å². The van der Waals surface area contributed by atoms with Crippen LogP contribution in [-0.4, -0.2) is 6.04 Å². The number of rotatable bonds is 9. The van der Waals surface area contributed by atoms with Crippen molar-refractivity contribution in [3.05, 3.63) is 46.5 Å². The molecule has 2 unspecified atom stereocenters. The third kappa shape index (κ3) is 5.79. The molecule has 3 fully saturated rings. The first kappa shape index (κ1) is 23.9. The van der Waals surface area contributed by atoms with Crippen molar-refractivity contribution < 1.29 is 0 Å². The van der Waals surface area contributed by atoms with E-state index in [2.05, 4.69) is 77.3 Å². The minimum absolute atomic E-state index is 0.497. The molecule has 5 rings (SSSR count). The van der Waals surface area contributed by atoms with Crippen LogP contribution in [0.3, 0.4) is 0 Å². The topological polar surface area (TPSA) is 12.0 Å². The standard InChI is InChI=1S/C17H31N.C13H14S/c1-5-6-15(11-13(2)3)16(17(4)9-10-17)18-12-14-7-8-14;1-9-8-10-4-3-5-11(12(10)14-9)13(2)6-7-13/h12-13,15-16,18H,5-11H2,1-4H3;3-5,8H,6-7H2,1-2H3. The molecule has 0 radical (unpaired) electrons. The first-order valence-corrected chi connectivity index (χ1v) is 14.0. The lowest BCUT2D eigenvalue weighted by Crippen LogP contribution is -2.40. The van der Waals surface area contributed by atoms with E-state index in [9.17, 15) is 0 Å². The number of thiophene rings is 1. The van der Waals surface area contributed by atoms with Crippen LogP contribution in [0.5, 0.6) is 0 Å². The number of aryl methyl sites for hydroxylation is 1. The SMILES string of the molecule is CCCC(CC(C)C)C(NC=C1CC1)C1(C)CC1.Cc1cc2cccc(C3(C)CC3)c2s1. The van der Waals surface area contributed by atoms with Gasteiger partial charge in [-0.2, -0.15) is 0 Å². The van der Waals surface area contributed by atoms with E-state index < -0.39 is 0 Å². The summed E-state index contributed by atoms with van der Waals surface area (Å²) in [5.41, 5.74) is 4.29.